The fraction of sp³-hybridized carbons (Fsp3) is 0.400. The fourth-order valence-corrected chi connectivity index (χ4v) is 1.72. The highest BCUT2D eigenvalue weighted by Crippen LogP contribution is 2.23. The highest BCUT2D eigenvalue weighted by molar-refractivity contribution is 9.08. The lowest BCUT2D eigenvalue weighted by Gasteiger charge is -2.09. The van der Waals surface area contributed by atoms with Crippen molar-refractivity contribution in [2.45, 2.75) is 18.2 Å². The third-order valence-corrected chi connectivity index (χ3v) is 2.60. The molecule has 0 N–H and O–H groups in total. The van der Waals surface area contributed by atoms with Crippen LogP contribution in [0.15, 0.2) is 6.07 Å². The Kier molecular flexibility index (Phi) is 4.92. The minimum atomic E-state index is -2.99. The summed E-state index contributed by atoms with van der Waals surface area (Å²) in [4.78, 5) is 14.5. The van der Waals surface area contributed by atoms with Crippen LogP contribution in [0.5, 0.6) is 0 Å². The molecule has 3 nitrogen and oxygen atoms in total. The number of nitrogens with zero attached hydrogens (tertiary/aromatic N) is 1. The van der Waals surface area contributed by atoms with Crippen LogP contribution in [-0.2, 0) is 21.3 Å². The SMILES string of the molecule is COC(=O)Cc1cc(F)c(C(F)F)nc1CBr. The molecule has 1 heterocycles. The maximum Gasteiger partial charge on any atom is 0.310 e. The van der Waals surface area contributed by atoms with Crippen molar-refractivity contribution in [2.75, 3.05) is 7.11 Å². The summed E-state index contributed by atoms with van der Waals surface area (Å²) in [5.41, 5.74) is -0.476. The number of carbonyl (C=O) groups is 1. The Morgan fingerprint density at radius 1 is 1.59 bits per heavy atom. The van der Waals surface area contributed by atoms with Gasteiger partial charge in [0.2, 0.25) is 0 Å². The average Bonchev–Trinajstić information content (AvgIpc) is 2.28. The second-order valence-corrected chi connectivity index (χ2v) is 3.71. The molecule has 0 amide bonds. The highest BCUT2D eigenvalue weighted by atomic mass is 79.9. The van der Waals surface area contributed by atoms with E-state index >= 15 is 0 Å². The fourth-order valence-electron chi connectivity index (χ4n) is 1.23. The molecule has 0 saturated heterocycles. The number of carbonyl (C=O) groups excluding carboxylic acids is 1. The van der Waals surface area contributed by atoms with Gasteiger partial charge >= 0.3 is 5.97 Å². The Labute approximate surface area is 104 Å². The largest absolute Gasteiger partial charge is 0.469 e. The van der Waals surface area contributed by atoms with Crippen molar-refractivity contribution in [3.63, 3.8) is 0 Å². The van der Waals surface area contributed by atoms with E-state index in [1.165, 1.54) is 7.11 Å². The van der Waals surface area contributed by atoms with E-state index in [1.54, 1.807) is 0 Å². The van der Waals surface area contributed by atoms with Crippen LogP contribution in [0.3, 0.4) is 0 Å². The first-order chi connectivity index (χ1) is 7.99. The molecule has 1 aromatic rings. The Morgan fingerprint density at radius 2 is 2.24 bits per heavy atom. The first kappa shape index (κ1) is 14.0. The van der Waals surface area contributed by atoms with Crippen LogP contribution in [0, 0.1) is 5.82 Å². The molecule has 0 bridgehead atoms. The van der Waals surface area contributed by atoms with E-state index in [4.69, 9.17) is 0 Å². The van der Waals surface area contributed by atoms with Gasteiger partial charge in [0, 0.05) is 5.33 Å². The number of aromatic nitrogens is 1. The van der Waals surface area contributed by atoms with Crippen LogP contribution in [0.25, 0.3) is 0 Å². The van der Waals surface area contributed by atoms with Crippen molar-refractivity contribution in [3.8, 4) is 0 Å². The smallest absolute Gasteiger partial charge is 0.310 e. The molecule has 0 aliphatic carbocycles. The van der Waals surface area contributed by atoms with Gasteiger partial charge in [0.25, 0.3) is 6.43 Å². The number of ether oxygens (including phenoxy) is 1. The van der Waals surface area contributed by atoms with Gasteiger partial charge in [-0.1, -0.05) is 15.9 Å². The van der Waals surface area contributed by atoms with Crippen molar-refractivity contribution in [3.05, 3.63) is 28.8 Å². The van der Waals surface area contributed by atoms with Crippen LogP contribution in [-0.4, -0.2) is 18.1 Å². The van der Waals surface area contributed by atoms with Gasteiger partial charge in [0.15, 0.2) is 5.82 Å². The van der Waals surface area contributed by atoms with E-state index in [9.17, 15) is 18.0 Å². The third kappa shape index (κ3) is 3.42. The minimum Gasteiger partial charge on any atom is -0.469 e. The Hall–Kier alpha value is -1.11. The van der Waals surface area contributed by atoms with E-state index in [1.807, 2.05) is 0 Å². The number of hydrogen-bond donors (Lipinski definition) is 0. The standard InChI is InChI=1S/C10H9BrF3NO2/c1-17-8(16)3-5-2-6(12)9(10(13)14)15-7(5)4-11/h2,10H,3-4H2,1H3. The van der Waals surface area contributed by atoms with Crippen LogP contribution >= 0.6 is 15.9 Å². The van der Waals surface area contributed by atoms with E-state index in [0.29, 0.717) is 0 Å². The van der Waals surface area contributed by atoms with Crippen molar-refractivity contribution in [2.24, 2.45) is 0 Å². The molecule has 94 valence electrons. The summed E-state index contributed by atoms with van der Waals surface area (Å²) in [6.07, 6.45) is -3.19. The topological polar surface area (TPSA) is 39.2 Å². The zero-order chi connectivity index (χ0) is 13.0. The van der Waals surface area contributed by atoms with Crippen molar-refractivity contribution >= 4 is 21.9 Å². The maximum atomic E-state index is 13.3. The van der Waals surface area contributed by atoms with Gasteiger partial charge in [-0.2, -0.15) is 0 Å². The molecule has 0 atom stereocenters. The minimum absolute atomic E-state index is 0.152. The molecule has 0 aromatic carbocycles. The van der Waals surface area contributed by atoms with Crippen molar-refractivity contribution < 1.29 is 22.7 Å². The van der Waals surface area contributed by atoms with Gasteiger partial charge in [-0.15, -0.1) is 0 Å². The normalized spacial score (nSPS) is 10.7. The van der Waals surface area contributed by atoms with Gasteiger partial charge in [0.05, 0.1) is 19.2 Å². The zero-order valence-electron chi connectivity index (χ0n) is 8.84. The van der Waals surface area contributed by atoms with Gasteiger partial charge in [0.1, 0.15) is 5.69 Å². The molecule has 17 heavy (non-hydrogen) atoms. The Morgan fingerprint density at radius 3 is 2.71 bits per heavy atom. The summed E-state index contributed by atoms with van der Waals surface area (Å²) < 4.78 is 42.5. The van der Waals surface area contributed by atoms with E-state index in [0.717, 1.165) is 6.07 Å². The van der Waals surface area contributed by atoms with Gasteiger partial charge < -0.3 is 4.74 Å². The summed E-state index contributed by atoms with van der Waals surface area (Å²) in [6, 6.07) is 0.891. The summed E-state index contributed by atoms with van der Waals surface area (Å²) in [7, 11) is 1.19. The zero-order valence-corrected chi connectivity index (χ0v) is 10.4. The van der Waals surface area contributed by atoms with Gasteiger partial charge in [-0.05, 0) is 11.6 Å². The number of halogens is 4. The lowest BCUT2D eigenvalue weighted by Crippen LogP contribution is -2.10. The molecule has 1 rings (SSSR count). The van der Waals surface area contributed by atoms with E-state index in [-0.39, 0.29) is 23.0 Å². The van der Waals surface area contributed by atoms with Crippen LogP contribution in [0.2, 0.25) is 0 Å². The van der Waals surface area contributed by atoms with Gasteiger partial charge in [-0.25, -0.2) is 18.2 Å². The molecule has 0 saturated carbocycles. The van der Waals surface area contributed by atoms with Crippen molar-refractivity contribution in [1.29, 1.82) is 0 Å². The molecule has 0 aliphatic heterocycles. The Bertz CT molecular complexity index is 426. The highest BCUT2D eigenvalue weighted by Gasteiger charge is 2.19. The first-order valence-corrected chi connectivity index (χ1v) is 5.70. The third-order valence-electron chi connectivity index (χ3n) is 2.07. The quantitative estimate of drug-likeness (QED) is 0.634. The monoisotopic (exact) mass is 311 g/mol. The second kappa shape index (κ2) is 6.00. The molecule has 0 radical (unpaired) electrons. The summed E-state index contributed by atoms with van der Waals surface area (Å²) in [6.45, 7) is 0. The van der Waals surface area contributed by atoms with Crippen LogP contribution in [0.1, 0.15) is 23.4 Å². The first-order valence-electron chi connectivity index (χ1n) is 4.58. The molecule has 0 aliphatic rings. The van der Waals surface area contributed by atoms with Crippen molar-refractivity contribution in [1.82, 2.24) is 4.98 Å². The summed E-state index contributed by atoms with van der Waals surface area (Å²) in [5.74, 6) is -1.71. The average molecular weight is 312 g/mol. The molecule has 0 unspecified atom stereocenters. The molecule has 0 fully saturated rings. The number of pyridine rings is 1. The summed E-state index contributed by atoms with van der Waals surface area (Å²) in [5, 5.41) is 0.152. The number of alkyl halides is 3. The second-order valence-electron chi connectivity index (χ2n) is 3.15. The predicted molar refractivity (Wildman–Crippen MR) is 57.5 cm³/mol. The maximum absolute atomic E-state index is 13.3. The number of rotatable bonds is 4. The number of esters is 1. The molecule has 1 aromatic heterocycles. The molecular weight excluding hydrogens is 303 g/mol. The predicted octanol–water partition coefficient (Wildman–Crippen LogP) is 2.77. The van der Waals surface area contributed by atoms with Crippen LogP contribution in [0.4, 0.5) is 13.2 Å². The van der Waals surface area contributed by atoms with E-state index < -0.39 is 23.9 Å². The van der Waals surface area contributed by atoms with Gasteiger partial charge in [-0.3, -0.25) is 4.79 Å². The van der Waals surface area contributed by atoms with Crippen LogP contribution < -0.4 is 0 Å². The Balaban J connectivity index is 3.14. The lowest BCUT2D eigenvalue weighted by atomic mass is 10.1. The number of hydrogen-bond acceptors (Lipinski definition) is 3. The molecule has 0 spiro atoms. The summed E-state index contributed by atoms with van der Waals surface area (Å²) >= 11 is 3.05. The molecular formula is C10H9BrF3NO2. The number of methoxy groups -OCH3 is 1. The molecule has 7 heteroatoms. The lowest BCUT2D eigenvalue weighted by molar-refractivity contribution is -0.139. The van der Waals surface area contributed by atoms with E-state index in [2.05, 4.69) is 25.7 Å².